The van der Waals surface area contributed by atoms with Gasteiger partial charge in [-0.1, -0.05) is 41.9 Å². The number of ether oxygens (including phenoxy) is 1. The highest BCUT2D eigenvalue weighted by atomic mass is 35.5. The van der Waals surface area contributed by atoms with Gasteiger partial charge in [-0.3, -0.25) is 4.79 Å². The fourth-order valence-corrected chi connectivity index (χ4v) is 3.54. The lowest BCUT2D eigenvalue weighted by Gasteiger charge is -2.34. The van der Waals surface area contributed by atoms with E-state index in [2.05, 4.69) is 5.32 Å². The van der Waals surface area contributed by atoms with Crippen LogP contribution in [0.15, 0.2) is 42.5 Å². The first-order valence-corrected chi connectivity index (χ1v) is 8.34. The molecular formula is C19H20ClNO3. The van der Waals surface area contributed by atoms with Crippen LogP contribution in [0.2, 0.25) is 5.02 Å². The number of amides is 1. The number of hydrogen-bond donors (Lipinski definition) is 2. The molecule has 1 unspecified atom stereocenters. The average Bonchev–Trinajstić information content (AvgIpc) is 2.60. The summed E-state index contributed by atoms with van der Waals surface area (Å²) in [4.78, 5) is 12.6. The second-order valence-electron chi connectivity index (χ2n) is 6.04. The molecule has 0 radical (unpaired) electrons. The fourth-order valence-electron chi connectivity index (χ4n) is 3.29. The fraction of sp³-hybridized carbons (Fsp3) is 0.316. The number of aliphatic hydroxyl groups is 1. The Hall–Kier alpha value is -2.04. The molecule has 1 atom stereocenters. The highest BCUT2D eigenvalue weighted by Gasteiger charge is 2.34. The summed E-state index contributed by atoms with van der Waals surface area (Å²) < 4.78 is 5.21. The van der Waals surface area contributed by atoms with Gasteiger partial charge in [0.15, 0.2) is 0 Å². The molecule has 1 aliphatic carbocycles. The third-order valence-corrected chi connectivity index (χ3v) is 4.83. The molecule has 24 heavy (non-hydrogen) atoms. The van der Waals surface area contributed by atoms with E-state index in [9.17, 15) is 9.90 Å². The maximum absolute atomic E-state index is 12.6. The molecule has 2 aromatic rings. The molecular weight excluding hydrogens is 326 g/mol. The van der Waals surface area contributed by atoms with Gasteiger partial charge in [0.1, 0.15) is 11.4 Å². The molecule has 0 spiro atoms. The molecule has 0 saturated carbocycles. The van der Waals surface area contributed by atoms with Gasteiger partial charge in [0.2, 0.25) is 0 Å². The minimum atomic E-state index is -1.06. The van der Waals surface area contributed by atoms with Crippen molar-refractivity contribution in [2.75, 3.05) is 13.7 Å². The second kappa shape index (κ2) is 6.83. The molecule has 0 bridgehead atoms. The number of halogens is 1. The van der Waals surface area contributed by atoms with Crippen molar-refractivity contribution in [1.82, 2.24) is 5.32 Å². The molecule has 0 aromatic heterocycles. The quantitative estimate of drug-likeness (QED) is 0.893. The monoisotopic (exact) mass is 345 g/mol. The Kier molecular flexibility index (Phi) is 4.78. The highest BCUT2D eigenvalue weighted by molar-refractivity contribution is 6.34. The number of carbonyl (C=O) groups is 1. The van der Waals surface area contributed by atoms with Gasteiger partial charge in [-0.25, -0.2) is 0 Å². The predicted molar refractivity (Wildman–Crippen MR) is 93.6 cm³/mol. The smallest absolute Gasteiger partial charge is 0.256 e. The number of fused-ring (bicyclic) bond motifs is 1. The molecule has 2 aromatic carbocycles. The van der Waals surface area contributed by atoms with Crippen LogP contribution >= 0.6 is 11.6 Å². The minimum Gasteiger partial charge on any atom is -0.496 e. The van der Waals surface area contributed by atoms with Gasteiger partial charge in [0.25, 0.3) is 5.91 Å². The molecule has 0 saturated heterocycles. The van der Waals surface area contributed by atoms with Gasteiger partial charge in [-0.2, -0.15) is 0 Å². The second-order valence-corrected chi connectivity index (χ2v) is 6.45. The summed E-state index contributed by atoms with van der Waals surface area (Å²) in [6.07, 6.45) is 2.45. The highest BCUT2D eigenvalue weighted by Crippen LogP contribution is 2.35. The number of rotatable bonds is 4. The van der Waals surface area contributed by atoms with Crippen LogP contribution in [0.3, 0.4) is 0 Å². The van der Waals surface area contributed by atoms with Crippen LogP contribution in [0.25, 0.3) is 0 Å². The summed E-state index contributed by atoms with van der Waals surface area (Å²) in [6, 6.07) is 12.9. The molecule has 2 N–H and O–H groups in total. The first kappa shape index (κ1) is 16.8. The molecule has 1 aliphatic rings. The number of benzene rings is 2. The number of carbonyl (C=O) groups excluding carboxylic acids is 1. The van der Waals surface area contributed by atoms with E-state index in [1.54, 1.807) is 18.2 Å². The summed E-state index contributed by atoms with van der Waals surface area (Å²) in [7, 11) is 1.49. The lowest BCUT2D eigenvalue weighted by Crippen LogP contribution is -2.43. The Morgan fingerprint density at radius 1 is 1.29 bits per heavy atom. The Morgan fingerprint density at radius 2 is 2.08 bits per heavy atom. The molecule has 0 aliphatic heterocycles. The lowest BCUT2D eigenvalue weighted by molar-refractivity contribution is 0.0189. The van der Waals surface area contributed by atoms with E-state index < -0.39 is 5.60 Å². The van der Waals surface area contributed by atoms with E-state index in [0.29, 0.717) is 17.2 Å². The SMILES string of the molecule is COc1cccc(Cl)c1C(=O)NCC1(O)CCCc2ccccc21. The minimum absolute atomic E-state index is 0.136. The predicted octanol–water partition coefficient (Wildman–Crippen LogP) is 3.30. The number of hydrogen-bond acceptors (Lipinski definition) is 3. The summed E-state index contributed by atoms with van der Waals surface area (Å²) in [5, 5.41) is 14.2. The third kappa shape index (κ3) is 3.12. The molecule has 4 nitrogen and oxygen atoms in total. The molecule has 0 fully saturated rings. The standard InChI is InChI=1S/C19H20ClNO3/c1-24-16-10-4-9-15(20)17(16)18(22)21-12-19(23)11-5-7-13-6-2-3-8-14(13)19/h2-4,6,8-10,23H,5,7,11-12H2,1H3,(H,21,22). The van der Waals surface area contributed by atoms with E-state index >= 15 is 0 Å². The lowest BCUT2D eigenvalue weighted by atomic mass is 9.79. The molecule has 126 valence electrons. The van der Waals surface area contributed by atoms with Crippen LogP contribution in [-0.4, -0.2) is 24.7 Å². The van der Waals surface area contributed by atoms with Crippen LogP contribution in [-0.2, 0) is 12.0 Å². The zero-order valence-corrected chi connectivity index (χ0v) is 14.3. The summed E-state index contributed by atoms with van der Waals surface area (Å²) in [5.41, 5.74) is 1.26. The average molecular weight is 346 g/mol. The number of aryl methyl sites for hydroxylation is 1. The number of methoxy groups -OCH3 is 1. The topological polar surface area (TPSA) is 58.6 Å². The zero-order valence-electron chi connectivity index (χ0n) is 13.5. The van der Waals surface area contributed by atoms with Gasteiger partial charge in [0, 0.05) is 0 Å². The molecule has 0 heterocycles. The van der Waals surface area contributed by atoms with Gasteiger partial charge < -0.3 is 15.2 Å². The van der Waals surface area contributed by atoms with E-state index in [0.717, 1.165) is 24.0 Å². The normalized spacial score (nSPS) is 19.5. The van der Waals surface area contributed by atoms with Crippen molar-refractivity contribution in [3.05, 3.63) is 64.2 Å². The molecule has 1 amide bonds. The Labute approximate surface area is 146 Å². The van der Waals surface area contributed by atoms with Crippen molar-refractivity contribution in [3.63, 3.8) is 0 Å². The maximum Gasteiger partial charge on any atom is 0.256 e. The Balaban J connectivity index is 1.81. The summed E-state index contributed by atoms with van der Waals surface area (Å²) in [5.74, 6) is 0.0602. The summed E-state index contributed by atoms with van der Waals surface area (Å²) in [6.45, 7) is 0.136. The number of nitrogens with one attached hydrogen (secondary N) is 1. The maximum atomic E-state index is 12.6. The van der Waals surface area contributed by atoms with Crippen molar-refractivity contribution in [1.29, 1.82) is 0 Å². The van der Waals surface area contributed by atoms with E-state index in [1.807, 2.05) is 24.3 Å². The molecule has 3 rings (SSSR count). The first-order valence-electron chi connectivity index (χ1n) is 7.96. The van der Waals surface area contributed by atoms with Crippen LogP contribution in [0, 0.1) is 0 Å². The molecule has 5 heteroatoms. The van der Waals surface area contributed by atoms with Gasteiger partial charge in [-0.15, -0.1) is 0 Å². The van der Waals surface area contributed by atoms with E-state index in [-0.39, 0.29) is 18.0 Å². The Morgan fingerprint density at radius 3 is 2.88 bits per heavy atom. The van der Waals surface area contributed by atoms with Crippen LogP contribution < -0.4 is 10.1 Å². The Bertz CT molecular complexity index is 762. The summed E-state index contributed by atoms with van der Waals surface area (Å²) >= 11 is 6.14. The first-order chi connectivity index (χ1) is 11.5. The van der Waals surface area contributed by atoms with Crippen molar-refractivity contribution < 1.29 is 14.6 Å². The van der Waals surface area contributed by atoms with E-state index in [1.165, 1.54) is 7.11 Å². The largest absolute Gasteiger partial charge is 0.496 e. The van der Waals surface area contributed by atoms with Crippen molar-refractivity contribution in [2.45, 2.75) is 24.9 Å². The van der Waals surface area contributed by atoms with Crippen molar-refractivity contribution in [3.8, 4) is 5.75 Å². The zero-order chi connectivity index (χ0) is 17.2. The van der Waals surface area contributed by atoms with Crippen LogP contribution in [0.4, 0.5) is 0 Å². The van der Waals surface area contributed by atoms with Crippen LogP contribution in [0.1, 0.15) is 34.3 Å². The van der Waals surface area contributed by atoms with Crippen molar-refractivity contribution in [2.24, 2.45) is 0 Å². The van der Waals surface area contributed by atoms with Crippen molar-refractivity contribution >= 4 is 17.5 Å². The van der Waals surface area contributed by atoms with Gasteiger partial charge in [0.05, 0.1) is 24.2 Å². The van der Waals surface area contributed by atoms with Gasteiger partial charge in [-0.05, 0) is 42.5 Å². The van der Waals surface area contributed by atoms with E-state index in [4.69, 9.17) is 16.3 Å². The van der Waals surface area contributed by atoms with Gasteiger partial charge >= 0.3 is 0 Å². The van der Waals surface area contributed by atoms with Crippen LogP contribution in [0.5, 0.6) is 5.75 Å². The third-order valence-electron chi connectivity index (χ3n) is 4.52.